The van der Waals surface area contributed by atoms with Gasteiger partial charge in [-0.05, 0) is 42.9 Å². The molecule has 3 aliphatic rings. The van der Waals surface area contributed by atoms with Crippen LogP contribution < -0.4 is 0 Å². The van der Waals surface area contributed by atoms with Crippen molar-refractivity contribution in [3.8, 4) is 0 Å². The van der Waals surface area contributed by atoms with Gasteiger partial charge in [0.2, 0.25) is 0 Å². The lowest BCUT2D eigenvalue weighted by Gasteiger charge is -2.42. The average Bonchev–Trinajstić information content (AvgIpc) is 2.49. The van der Waals surface area contributed by atoms with Gasteiger partial charge < -0.3 is 0 Å². The first-order valence-electron chi connectivity index (χ1n) is 9.13. The van der Waals surface area contributed by atoms with E-state index in [1.807, 2.05) is 0 Å². The van der Waals surface area contributed by atoms with Gasteiger partial charge in [0.05, 0.1) is 7.85 Å². The molecule has 20 heavy (non-hydrogen) atoms. The minimum Gasteiger partial charge on any atom is -0.247 e. The lowest BCUT2D eigenvalue weighted by molar-refractivity contribution is 0.0421. The second kappa shape index (κ2) is 6.84. The van der Waals surface area contributed by atoms with Crippen molar-refractivity contribution in [2.45, 2.75) is 89.0 Å². The second-order valence-corrected chi connectivity index (χ2v) is 7.83. The summed E-state index contributed by atoms with van der Waals surface area (Å²) in [5.41, 5.74) is 0. The van der Waals surface area contributed by atoms with Crippen LogP contribution >= 0.6 is 0 Å². The summed E-state index contributed by atoms with van der Waals surface area (Å²) in [6.07, 6.45) is 14.4. The molecule has 0 aliphatic heterocycles. The molecule has 3 fully saturated rings. The monoisotopic (exact) mass is 276 g/mol. The molecule has 112 valence electrons. The highest BCUT2D eigenvalue weighted by molar-refractivity contribution is 6.11. The van der Waals surface area contributed by atoms with Crippen LogP contribution in [0.5, 0.6) is 0 Å². The maximum atomic E-state index is 14.7. The molecule has 0 aromatic carbocycles. The third kappa shape index (κ3) is 3.42. The van der Waals surface area contributed by atoms with E-state index in [0.717, 1.165) is 31.6 Å². The first kappa shape index (κ1) is 14.9. The Balaban J connectivity index is 1.51. The molecule has 2 heteroatoms. The summed E-state index contributed by atoms with van der Waals surface area (Å²) in [6, 6.07) is 0. The molecule has 0 aromatic rings. The summed E-state index contributed by atoms with van der Waals surface area (Å²) in [6.45, 7) is 0. The van der Waals surface area contributed by atoms with E-state index in [1.165, 1.54) is 51.4 Å². The average molecular weight is 276 g/mol. The smallest absolute Gasteiger partial charge is 0.103 e. The van der Waals surface area contributed by atoms with Gasteiger partial charge in [-0.2, -0.15) is 0 Å². The van der Waals surface area contributed by atoms with Crippen LogP contribution in [0.2, 0.25) is 5.82 Å². The van der Waals surface area contributed by atoms with E-state index in [4.69, 9.17) is 7.85 Å². The third-order valence-corrected chi connectivity index (χ3v) is 6.60. The summed E-state index contributed by atoms with van der Waals surface area (Å²) in [4.78, 5) is 0. The van der Waals surface area contributed by atoms with E-state index >= 15 is 0 Å². The largest absolute Gasteiger partial charge is 0.247 e. The fourth-order valence-electron chi connectivity index (χ4n) is 5.31. The molecule has 3 saturated carbocycles. The molecule has 3 atom stereocenters. The van der Waals surface area contributed by atoms with Gasteiger partial charge in [0.15, 0.2) is 0 Å². The normalized spacial score (nSPS) is 44.4. The van der Waals surface area contributed by atoms with Gasteiger partial charge in [-0.15, -0.1) is 0 Å². The van der Waals surface area contributed by atoms with E-state index in [-0.39, 0.29) is 0 Å². The van der Waals surface area contributed by atoms with Crippen molar-refractivity contribution in [1.29, 1.82) is 0 Å². The number of hydrogen-bond acceptors (Lipinski definition) is 0. The molecule has 2 radical (unpaired) electrons. The molecule has 0 N–H and O–H groups in total. The predicted molar refractivity (Wildman–Crippen MR) is 83.8 cm³/mol. The van der Waals surface area contributed by atoms with Crippen molar-refractivity contribution >= 4 is 7.85 Å². The summed E-state index contributed by atoms with van der Waals surface area (Å²) < 4.78 is 14.7. The predicted octanol–water partition coefficient (Wildman–Crippen LogP) is 5.47. The Bertz CT molecular complexity index is 292. The lowest BCUT2D eigenvalue weighted by Crippen LogP contribution is -2.36. The lowest BCUT2D eigenvalue weighted by atomic mass is 9.63. The number of hydrogen-bond donors (Lipinski definition) is 0. The van der Waals surface area contributed by atoms with Gasteiger partial charge in [0, 0.05) is 0 Å². The molecule has 3 unspecified atom stereocenters. The number of halogens is 1. The zero-order valence-electron chi connectivity index (χ0n) is 12.9. The highest BCUT2D eigenvalue weighted by Gasteiger charge is 2.38. The van der Waals surface area contributed by atoms with Crippen LogP contribution in [0.3, 0.4) is 0 Å². The van der Waals surface area contributed by atoms with Gasteiger partial charge in [-0.3, -0.25) is 0 Å². The Hall–Kier alpha value is -0.00506. The van der Waals surface area contributed by atoms with Crippen molar-refractivity contribution in [2.24, 2.45) is 23.7 Å². The Morgan fingerprint density at radius 1 is 0.650 bits per heavy atom. The molecular weight excluding hydrogens is 246 g/mol. The van der Waals surface area contributed by atoms with E-state index < -0.39 is 6.17 Å². The fraction of sp³-hybridized carbons (Fsp3) is 1.00. The molecule has 0 heterocycles. The molecule has 0 bridgehead atoms. The van der Waals surface area contributed by atoms with Gasteiger partial charge >= 0.3 is 0 Å². The minimum absolute atomic E-state index is 0.363. The van der Waals surface area contributed by atoms with Crippen molar-refractivity contribution in [3.05, 3.63) is 0 Å². The van der Waals surface area contributed by atoms with Crippen LogP contribution in [-0.2, 0) is 0 Å². The van der Waals surface area contributed by atoms with E-state index in [0.29, 0.717) is 23.6 Å². The Kier molecular flexibility index (Phi) is 5.10. The van der Waals surface area contributed by atoms with Crippen LogP contribution in [0.1, 0.15) is 77.0 Å². The van der Waals surface area contributed by atoms with Crippen molar-refractivity contribution in [1.82, 2.24) is 0 Å². The number of rotatable bonds is 2. The quantitative estimate of drug-likeness (QED) is 0.587. The molecular formula is C18H30BF. The van der Waals surface area contributed by atoms with Gasteiger partial charge in [-0.25, -0.2) is 4.39 Å². The zero-order chi connectivity index (χ0) is 13.9. The van der Waals surface area contributed by atoms with Crippen LogP contribution in [0.4, 0.5) is 4.39 Å². The van der Waals surface area contributed by atoms with E-state index in [1.54, 1.807) is 0 Å². The molecule has 0 aromatic heterocycles. The fourth-order valence-corrected chi connectivity index (χ4v) is 5.31. The molecule has 0 spiro atoms. The van der Waals surface area contributed by atoms with Gasteiger partial charge in [0.1, 0.15) is 6.17 Å². The van der Waals surface area contributed by atoms with E-state index in [2.05, 4.69) is 0 Å². The Morgan fingerprint density at radius 3 is 1.95 bits per heavy atom. The standard InChI is InChI=1S/C18H30BF/c19-16-9-6-14(7-10-16)17-11-8-15(12-18(17)20)13-4-2-1-3-5-13/h13-18H,1-12H2. The number of alkyl halides is 1. The van der Waals surface area contributed by atoms with Crippen molar-refractivity contribution in [2.75, 3.05) is 0 Å². The summed E-state index contributed by atoms with van der Waals surface area (Å²) in [5.74, 6) is 2.94. The highest BCUT2D eigenvalue weighted by Crippen LogP contribution is 2.46. The topological polar surface area (TPSA) is 0 Å². The molecule has 0 saturated heterocycles. The minimum atomic E-state index is -0.519. The highest BCUT2D eigenvalue weighted by atomic mass is 19.1. The second-order valence-electron chi connectivity index (χ2n) is 7.83. The summed E-state index contributed by atoms with van der Waals surface area (Å²) in [5, 5.41) is 0. The van der Waals surface area contributed by atoms with Crippen LogP contribution in [0.15, 0.2) is 0 Å². The van der Waals surface area contributed by atoms with Crippen LogP contribution in [0, 0.1) is 23.7 Å². The SMILES string of the molecule is [B]C1CCC(C2CCC(C3CCCCC3)CC2F)CC1. The van der Waals surface area contributed by atoms with E-state index in [9.17, 15) is 4.39 Å². The van der Waals surface area contributed by atoms with Crippen LogP contribution in [0.25, 0.3) is 0 Å². The Labute approximate surface area is 125 Å². The van der Waals surface area contributed by atoms with Gasteiger partial charge in [0.25, 0.3) is 0 Å². The van der Waals surface area contributed by atoms with Crippen molar-refractivity contribution in [3.63, 3.8) is 0 Å². The first-order chi connectivity index (χ1) is 9.74. The third-order valence-electron chi connectivity index (χ3n) is 6.60. The molecule has 3 rings (SSSR count). The summed E-state index contributed by atoms with van der Waals surface area (Å²) >= 11 is 0. The maximum absolute atomic E-state index is 14.7. The summed E-state index contributed by atoms with van der Waals surface area (Å²) in [7, 11) is 5.99. The first-order valence-corrected chi connectivity index (χ1v) is 9.13. The molecule has 3 aliphatic carbocycles. The molecule has 0 amide bonds. The molecule has 0 nitrogen and oxygen atoms in total. The zero-order valence-corrected chi connectivity index (χ0v) is 12.9. The van der Waals surface area contributed by atoms with Crippen LogP contribution in [-0.4, -0.2) is 14.0 Å². The van der Waals surface area contributed by atoms with Crippen molar-refractivity contribution < 1.29 is 4.39 Å². The Morgan fingerprint density at radius 2 is 1.30 bits per heavy atom. The maximum Gasteiger partial charge on any atom is 0.103 e. The van der Waals surface area contributed by atoms with Gasteiger partial charge in [-0.1, -0.05) is 63.6 Å².